The first-order valence-electron chi connectivity index (χ1n) is 15.8. The van der Waals surface area contributed by atoms with E-state index in [2.05, 4.69) is 10.3 Å². The number of hydrogen-bond donors (Lipinski definition) is 14. The lowest BCUT2D eigenvalue weighted by molar-refractivity contribution is -0.313. The monoisotopic (exact) mass is 681 g/mol. The molecule has 2 aliphatic heterocycles. The van der Waals surface area contributed by atoms with Crippen LogP contribution in [0, 0.1) is 11.3 Å². The summed E-state index contributed by atoms with van der Waals surface area (Å²) in [7, 11) is 0. The number of ether oxygens (including phenoxy) is 4. The van der Waals surface area contributed by atoms with Crippen molar-refractivity contribution in [3.63, 3.8) is 0 Å². The Labute approximate surface area is 273 Å². The molecule has 3 rings (SSSR count). The molecule has 0 bridgehead atoms. The van der Waals surface area contributed by atoms with Crippen LogP contribution in [0.25, 0.3) is 0 Å². The molecule has 0 amide bonds. The van der Waals surface area contributed by atoms with Gasteiger partial charge in [-0.1, -0.05) is 6.92 Å². The average molecular weight is 682 g/mol. The lowest BCUT2D eigenvalue weighted by atomic mass is 9.82. The summed E-state index contributed by atoms with van der Waals surface area (Å²) in [5.41, 5.74) is 23.0. The van der Waals surface area contributed by atoms with Crippen LogP contribution in [0.1, 0.15) is 40.0 Å². The Kier molecular flexibility index (Phi) is 14.2. The van der Waals surface area contributed by atoms with Gasteiger partial charge in [0.05, 0.1) is 49.6 Å². The fraction of sp³-hybridized carbons (Fsp3) is 0.929. The van der Waals surface area contributed by atoms with Crippen LogP contribution in [0.4, 0.5) is 0 Å². The molecule has 1 saturated carbocycles. The molecule has 3 aliphatic rings. The van der Waals surface area contributed by atoms with E-state index in [4.69, 9.17) is 52.4 Å². The van der Waals surface area contributed by atoms with Crippen molar-refractivity contribution in [1.29, 1.82) is 5.41 Å². The summed E-state index contributed by atoms with van der Waals surface area (Å²) in [6, 6.07) is -3.02. The summed E-state index contributed by atoms with van der Waals surface area (Å²) >= 11 is 0. The molecule has 1 aliphatic carbocycles. The van der Waals surface area contributed by atoms with Crippen molar-refractivity contribution in [2.75, 3.05) is 19.8 Å². The van der Waals surface area contributed by atoms with E-state index >= 15 is 0 Å². The summed E-state index contributed by atoms with van der Waals surface area (Å²) in [6.07, 6.45) is -15.1. The van der Waals surface area contributed by atoms with E-state index < -0.39 is 116 Å². The van der Waals surface area contributed by atoms with Gasteiger partial charge in [0, 0.05) is 12.0 Å². The number of aliphatic hydroxyl groups is 8. The molecule has 17 atom stereocenters. The van der Waals surface area contributed by atoms with Crippen LogP contribution in [0.2, 0.25) is 0 Å². The largest absolute Gasteiger partial charge is 0.394 e. The number of nitrogens with two attached hydrogens (primary N) is 4. The standard InChI is InChI=1S/C28H55N7O12/c1-10-17(38)27(44-9-28(10,3)43)47-23-15(35-25(33)20(41)19(40)18(39)16(37)8-36)6-14(31)22(21(23)42)46-26-13(30)5-4-12(45-26)7-34-24(32)11(2)29/h10-23,26-27,36-43H,4-9,29-31H2,1-3H3,(H2,32,34)(H2,33,35)/t10-,11?,12+,13?,14+,15-,16?,17?,18?,19?,20?,21?,22?,23?,26-,27-,28?/m1/s1. The zero-order valence-electron chi connectivity index (χ0n) is 26.9. The molecule has 19 nitrogen and oxygen atoms in total. The van der Waals surface area contributed by atoms with E-state index in [1.165, 1.54) is 6.92 Å². The van der Waals surface area contributed by atoms with Gasteiger partial charge in [-0.15, -0.1) is 0 Å². The number of nitrogens with one attached hydrogen (secondary N) is 2. The molecule has 274 valence electrons. The van der Waals surface area contributed by atoms with Crippen molar-refractivity contribution in [1.82, 2.24) is 5.32 Å². The molecule has 11 unspecified atom stereocenters. The highest BCUT2D eigenvalue weighted by atomic mass is 16.7. The van der Waals surface area contributed by atoms with Gasteiger partial charge in [-0.25, -0.2) is 0 Å². The van der Waals surface area contributed by atoms with Crippen LogP contribution in [-0.2, 0) is 18.9 Å². The maximum atomic E-state index is 11.6. The third-order valence-electron chi connectivity index (χ3n) is 9.25. The maximum absolute atomic E-state index is 11.6. The van der Waals surface area contributed by atoms with E-state index in [-0.39, 0.29) is 25.4 Å². The van der Waals surface area contributed by atoms with E-state index in [1.807, 2.05) is 0 Å². The molecule has 18 N–H and O–H groups in total. The van der Waals surface area contributed by atoms with E-state index in [0.29, 0.717) is 12.8 Å². The van der Waals surface area contributed by atoms with Gasteiger partial charge in [-0.2, -0.15) is 0 Å². The third kappa shape index (κ3) is 9.74. The second-order valence-corrected chi connectivity index (χ2v) is 13.2. The first-order chi connectivity index (χ1) is 21.9. The van der Waals surface area contributed by atoms with Crippen molar-refractivity contribution in [3.05, 3.63) is 0 Å². The highest BCUT2D eigenvalue weighted by Gasteiger charge is 2.51. The first kappa shape index (κ1) is 39.8. The first-order valence-corrected chi connectivity index (χ1v) is 15.8. The van der Waals surface area contributed by atoms with Gasteiger partial charge in [0.15, 0.2) is 12.6 Å². The van der Waals surface area contributed by atoms with Crippen LogP contribution in [0.15, 0.2) is 4.99 Å². The second-order valence-electron chi connectivity index (χ2n) is 13.2. The van der Waals surface area contributed by atoms with Gasteiger partial charge >= 0.3 is 0 Å². The summed E-state index contributed by atoms with van der Waals surface area (Å²) in [5.74, 6) is -1.18. The number of aliphatic hydroxyl groups excluding tert-OH is 7. The molecule has 19 heteroatoms. The lowest BCUT2D eigenvalue weighted by Crippen LogP contribution is -2.68. The van der Waals surface area contributed by atoms with Gasteiger partial charge in [0.2, 0.25) is 0 Å². The van der Waals surface area contributed by atoms with Crippen LogP contribution in [-0.4, -0.2) is 170 Å². The highest BCUT2D eigenvalue weighted by Crippen LogP contribution is 2.34. The van der Waals surface area contributed by atoms with E-state index in [0.717, 1.165) is 0 Å². The van der Waals surface area contributed by atoms with Gasteiger partial charge in [-0.3, -0.25) is 10.4 Å². The molecule has 0 aromatic heterocycles. The predicted octanol–water partition coefficient (Wildman–Crippen LogP) is -6.14. The molecule has 0 aromatic carbocycles. The van der Waals surface area contributed by atoms with Gasteiger partial charge < -0.3 is 88.1 Å². The fourth-order valence-corrected chi connectivity index (χ4v) is 5.72. The average Bonchev–Trinajstić information content (AvgIpc) is 3.03. The molecular formula is C28H55N7O12. The highest BCUT2D eigenvalue weighted by molar-refractivity contribution is 5.85. The van der Waals surface area contributed by atoms with Gasteiger partial charge in [0.1, 0.15) is 60.5 Å². The minimum absolute atomic E-state index is 0.0594. The maximum Gasteiger partial charge on any atom is 0.184 e. The molecular weight excluding hydrogens is 626 g/mol. The molecule has 3 fully saturated rings. The normalized spacial score (nSPS) is 41.8. The molecule has 2 heterocycles. The molecule has 0 aromatic rings. The Morgan fingerprint density at radius 3 is 2.30 bits per heavy atom. The number of hydrogen-bond acceptors (Lipinski definition) is 17. The fourth-order valence-electron chi connectivity index (χ4n) is 5.72. The number of rotatable bonds is 13. The number of amidine groups is 2. The third-order valence-corrected chi connectivity index (χ3v) is 9.25. The van der Waals surface area contributed by atoms with Crippen molar-refractivity contribution in [3.8, 4) is 0 Å². The number of nitrogens with zero attached hydrogens (tertiary/aromatic N) is 1. The zero-order chi connectivity index (χ0) is 35.4. The van der Waals surface area contributed by atoms with Crippen LogP contribution in [0.3, 0.4) is 0 Å². The van der Waals surface area contributed by atoms with E-state index in [1.54, 1.807) is 13.8 Å². The minimum atomic E-state index is -2.08. The summed E-state index contributed by atoms with van der Waals surface area (Å²) < 4.78 is 23.9. The Morgan fingerprint density at radius 1 is 1.04 bits per heavy atom. The summed E-state index contributed by atoms with van der Waals surface area (Å²) in [4.78, 5) is 4.26. The molecule has 2 saturated heterocycles. The van der Waals surface area contributed by atoms with Crippen LogP contribution >= 0.6 is 0 Å². The smallest absolute Gasteiger partial charge is 0.184 e. The molecule has 0 radical (unpaired) electrons. The second kappa shape index (κ2) is 16.8. The van der Waals surface area contributed by atoms with Crippen LogP contribution < -0.4 is 28.3 Å². The van der Waals surface area contributed by atoms with Gasteiger partial charge in [0.25, 0.3) is 0 Å². The number of aliphatic imine (C=N–C) groups is 1. The quantitative estimate of drug-likeness (QED) is 0.0635. The predicted molar refractivity (Wildman–Crippen MR) is 166 cm³/mol. The topological polar surface area (TPSA) is 351 Å². The lowest BCUT2D eigenvalue weighted by Gasteiger charge is -2.49. The van der Waals surface area contributed by atoms with Crippen LogP contribution in [0.5, 0.6) is 0 Å². The SMILES string of the molecule is CC(N)C(N)=NC[C@@H]1CCC(N)[C@@H](OC2C(O)C(O[C@H]3OCC(C)(O)[C@H](C)C3O)[C@H](NC(=N)C(O)C(O)C(O)C(O)CO)C[C@@H]2N)O1. The molecule has 0 spiro atoms. The Bertz CT molecular complexity index is 1040. The van der Waals surface area contributed by atoms with Crippen molar-refractivity contribution >= 4 is 11.7 Å². The molecule has 47 heavy (non-hydrogen) atoms. The van der Waals surface area contributed by atoms with E-state index in [9.17, 15) is 35.7 Å². The zero-order valence-corrected chi connectivity index (χ0v) is 26.9. The Morgan fingerprint density at radius 2 is 1.68 bits per heavy atom. The van der Waals surface area contributed by atoms with Crippen molar-refractivity contribution in [2.24, 2.45) is 33.8 Å². The summed E-state index contributed by atoms with van der Waals surface area (Å²) in [5, 5.41) is 93.7. The summed E-state index contributed by atoms with van der Waals surface area (Å²) in [6.45, 7) is 3.88. The van der Waals surface area contributed by atoms with Crippen molar-refractivity contribution in [2.45, 2.75) is 137 Å². The van der Waals surface area contributed by atoms with Crippen molar-refractivity contribution < 1.29 is 59.8 Å². The van der Waals surface area contributed by atoms with Gasteiger partial charge in [-0.05, 0) is 33.1 Å². The Hall–Kier alpha value is -1.66. The Balaban J connectivity index is 1.81. The minimum Gasteiger partial charge on any atom is -0.394 e.